The van der Waals surface area contributed by atoms with E-state index in [9.17, 15) is 0 Å². The number of hydrogen-bond donors (Lipinski definition) is 0. The Labute approximate surface area is 61.4 Å². The van der Waals surface area contributed by atoms with Crippen LogP contribution in [0.15, 0.2) is 0 Å². The molecule has 0 aromatic carbocycles. The molecule has 2 heteroatoms. The minimum atomic E-state index is 0.181. The van der Waals surface area contributed by atoms with E-state index < -0.39 is 0 Å². The Kier molecular flexibility index (Phi) is 3.13. The van der Waals surface area contributed by atoms with Crippen molar-refractivity contribution in [3.8, 4) is 0 Å². The zero-order chi connectivity index (χ0) is 5.82. The van der Waals surface area contributed by atoms with Crippen molar-refractivity contribution in [2.75, 3.05) is 0 Å². The Hall–Kier alpha value is 0.697. The van der Waals surface area contributed by atoms with Crippen LogP contribution in [0.2, 0.25) is 5.54 Å². The van der Waals surface area contributed by atoms with Gasteiger partial charge in [0.25, 0.3) is 0 Å². The van der Waals surface area contributed by atoms with E-state index in [1.165, 1.54) is 32.1 Å². The third-order valence-corrected chi connectivity index (χ3v) is 5.94. The van der Waals surface area contributed by atoms with Crippen LogP contribution in [-0.2, 0) is 0 Å². The first-order chi connectivity index (χ1) is 3.93. The molecule has 8 heavy (non-hydrogen) atoms. The maximum Gasteiger partial charge on any atom is 0.102 e. The van der Waals surface area contributed by atoms with Crippen molar-refractivity contribution in [3.63, 3.8) is 0 Å². The predicted molar refractivity (Wildman–Crippen MR) is 44.3 cm³/mol. The van der Waals surface area contributed by atoms with Crippen molar-refractivity contribution in [1.29, 1.82) is 0 Å². The monoisotopic (exact) mass is 192 g/mol. The van der Waals surface area contributed by atoms with E-state index in [1.54, 1.807) is 0 Å². The topological polar surface area (TPSA) is 0 Å². The Balaban J connectivity index is 2.13. The molecule has 1 fully saturated rings. The van der Waals surface area contributed by atoms with Crippen LogP contribution < -0.4 is 0 Å². The summed E-state index contributed by atoms with van der Waals surface area (Å²) in [6.45, 7) is 0. The second-order valence-electron chi connectivity index (χ2n) is 2.66. The summed E-state index contributed by atoms with van der Waals surface area (Å²) in [4.78, 5) is 0. The molecule has 0 radical (unpaired) electrons. The Morgan fingerprint density at radius 1 is 1.12 bits per heavy atom. The van der Waals surface area contributed by atoms with E-state index in [4.69, 9.17) is 0 Å². The third-order valence-electron chi connectivity index (χ3n) is 1.94. The second kappa shape index (κ2) is 3.67. The van der Waals surface area contributed by atoms with Gasteiger partial charge in [-0.25, -0.2) is 0 Å². The molecule has 0 spiro atoms. The molecule has 48 valence electrons. The quantitative estimate of drug-likeness (QED) is 0.442. The van der Waals surface area contributed by atoms with E-state index >= 15 is 0 Å². The van der Waals surface area contributed by atoms with E-state index in [0.29, 0.717) is 0 Å². The van der Waals surface area contributed by atoms with Crippen LogP contribution in [0.4, 0.5) is 0 Å². The first kappa shape index (κ1) is 6.81. The summed E-state index contributed by atoms with van der Waals surface area (Å²) in [5.41, 5.74) is 1.14. The zero-order valence-corrected chi connectivity index (χ0v) is 8.20. The van der Waals surface area contributed by atoms with Gasteiger partial charge in [-0.3, -0.25) is 0 Å². The molecule has 1 aliphatic carbocycles. The molecule has 0 aromatic heterocycles. The number of halogens is 1. The zero-order valence-electron chi connectivity index (χ0n) is 5.20. The molecule has 1 aliphatic rings. The van der Waals surface area contributed by atoms with Crippen LogP contribution in [0, 0.1) is 0 Å². The molecule has 0 amide bonds. The van der Waals surface area contributed by atoms with Crippen LogP contribution in [0.5, 0.6) is 0 Å². The minimum absolute atomic E-state index is 0.181. The van der Waals surface area contributed by atoms with Gasteiger partial charge >= 0.3 is 0 Å². The highest BCUT2D eigenvalue weighted by atomic mass is 79.9. The van der Waals surface area contributed by atoms with Crippen molar-refractivity contribution in [3.05, 3.63) is 0 Å². The maximum absolute atomic E-state index is 3.65. The van der Waals surface area contributed by atoms with Crippen LogP contribution >= 0.6 is 15.3 Å². The minimum Gasteiger partial charge on any atom is -0.135 e. The van der Waals surface area contributed by atoms with E-state index in [-0.39, 0.29) is 8.14 Å². The van der Waals surface area contributed by atoms with Gasteiger partial charge in [0, 0.05) is 0 Å². The van der Waals surface area contributed by atoms with Gasteiger partial charge in [0.1, 0.15) is 8.14 Å². The van der Waals surface area contributed by atoms with Crippen molar-refractivity contribution >= 4 is 23.4 Å². The average molecular weight is 193 g/mol. The standard InChI is InChI=1S/C6H13BrSi/c7-8-6-4-2-1-3-5-6/h6H,1-5,8H2. The highest BCUT2D eigenvalue weighted by Gasteiger charge is 2.10. The van der Waals surface area contributed by atoms with Crippen molar-refractivity contribution in [1.82, 2.24) is 0 Å². The van der Waals surface area contributed by atoms with Gasteiger partial charge in [-0.1, -0.05) is 32.1 Å². The molecular formula is C6H13BrSi. The molecule has 0 aromatic rings. The average Bonchev–Trinajstić information content (AvgIpc) is 1.90. The summed E-state index contributed by atoms with van der Waals surface area (Å²) in [5.74, 6) is 0. The highest BCUT2D eigenvalue weighted by Crippen LogP contribution is 2.28. The molecule has 0 heterocycles. The van der Waals surface area contributed by atoms with Crippen LogP contribution in [-0.4, -0.2) is 8.14 Å². The fourth-order valence-electron chi connectivity index (χ4n) is 1.34. The highest BCUT2D eigenvalue weighted by molar-refractivity contribution is 9.23. The SMILES string of the molecule is Br[SiH2]C1CCCCC1. The Morgan fingerprint density at radius 3 is 2.12 bits per heavy atom. The van der Waals surface area contributed by atoms with Gasteiger partial charge in [-0.05, 0) is 5.54 Å². The van der Waals surface area contributed by atoms with Crippen molar-refractivity contribution < 1.29 is 0 Å². The first-order valence-electron chi connectivity index (χ1n) is 3.49. The van der Waals surface area contributed by atoms with E-state index in [0.717, 1.165) is 5.54 Å². The lowest BCUT2D eigenvalue weighted by Gasteiger charge is -2.17. The summed E-state index contributed by atoms with van der Waals surface area (Å²) in [6.07, 6.45) is 7.55. The Morgan fingerprint density at radius 2 is 1.75 bits per heavy atom. The molecule has 0 saturated heterocycles. The lowest BCUT2D eigenvalue weighted by Crippen LogP contribution is -2.02. The lowest BCUT2D eigenvalue weighted by molar-refractivity contribution is 0.503. The lowest BCUT2D eigenvalue weighted by atomic mass is 10.0. The third kappa shape index (κ3) is 1.90. The molecule has 0 bridgehead atoms. The molecular weight excluding hydrogens is 180 g/mol. The summed E-state index contributed by atoms with van der Waals surface area (Å²) in [7, 11) is 0.181. The fraction of sp³-hybridized carbons (Fsp3) is 1.00. The van der Waals surface area contributed by atoms with Gasteiger partial charge in [0.05, 0.1) is 0 Å². The molecule has 0 nitrogen and oxygen atoms in total. The van der Waals surface area contributed by atoms with Crippen molar-refractivity contribution in [2.45, 2.75) is 37.6 Å². The molecule has 0 unspecified atom stereocenters. The Bertz CT molecular complexity index is 59.5. The molecule has 0 N–H and O–H groups in total. The fourth-order valence-corrected chi connectivity index (χ4v) is 4.17. The molecule has 0 atom stereocenters. The maximum atomic E-state index is 3.65. The normalized spacial score (nSPS) is 25.1. The largest absolute Gasteiger partial charge is 0.135 e. The van der Waals surface area contributed by atoms with Gasteiger partial charge in [-0.15, -0.1) is 15.3 Å². The molecule has 1 rings (SSSR count). The first-order valence-corrected chi connectivity index (χ1v) is 8.21. The van der Waals surface area contributed by atoms with Gasteiger partial charge in [0.15, 0.2) is 0 Å². The van der Waals surface area contributed by atoms with E-state index in [1.807, 2.05) is 0 Å². The second-order valence-corrected chi connectivity index (χ2v) is 6.06. The van der Waals surface area contributed by atoms with E-state index in [2.05, 4.69) is 15.3 Å². The summed E-state index contributed by atoms with van der Waals surface area (Å²) < 4.78 is 0. The van der Waals surface area contributed by atoms with Gasteiger partial charge in [0.2, 0.25) is 0 Å². The van der Waals surface area contributed by atoms with Crippen LogP contribution in [0.25, 0.3) is 0 Å². The number of rotatable bonds is 1. The van der Waals surface area contributed by atoms with Crippen LogP contribution in [0.3, 0.4) is 0 Å². The smallest absolute Gasteiger partial charge is 0.102 e. The molecule has 0 aliphatic heterocycles. The van der Waals surface area contributed by atoms with Crippen molar-refractivity contribution in [2.24, 2.45) is 0 Å². The van der Waals surface area contributed by atoms with Crippen LogP contribution in [0.1, 0.15) is 32.1 Å². The van der Waals surface area contributed by atoms with Gasteiger partial charge in [-0.2, -0.15) is 0 Å². The summed E-state index contributed by atoms with van der Waals surface area (Å²) in [6, 6.07) is 0. The predicted octanol–water partition coefficient (Wildman–Crippen LogP) is 2.22. The summed E-state index contributed by atoms with van der Waals surface area (Å²) in [5, 5.41) is 0. The molecule has 1 saturated carbocycles. The van der Waals surface area contributed by atoms with Gasteiger partial charge < -0.3 is 0 Å². The number of hydrogen-bond acceptors (Lipinski definition) is 0. The summed E-state index contributed by atoms with van der Waals surface area (Å²) >= 11 is 3.65.